The minimum atomic E-state index is -3.89. The van der Waals surface area contributed by atoms with Gasteiger partial charge in [0.1, 0.15) is 5.82 Å². The van der Waals surface area contributed by atoms with E-state index in [4.69, 9.17) is 9.47 Å². The second-order valence-corrected chi connectivity index (χ2v) is 9.35. The molecule has 0 spiro atoms. The Bertz CT molecular complexity index is 1490. The third-order valence-corrected chi connectivity index (χ3v) is 6.33. The van der Waals surface area contributed by atoms with Crippen LogP contribution in [0.5, 0.6) is 6.01 Å². The number of nitrogens with zero attached hydrogens (tertiary/aromatic N) is 3. The second kappa shape index (κ2) is 10.6. The SMILES string of the molecule is CCOc1nc(-c2ccc(F)cc2)n(-c2cccc(NS(=O)(=O)Cc3ccccc3C(=O)OC)c2)n1. The van der Waals surface area contributed by atoms with Gasteiger partial charge in [0.15, 0.2) is 5.82 Å². The van der Waals surface area contributed by atoms with Gasteiger partial charge in [0.05, 0.1) is 36.4 Å². The molecule has 0 saturated carbocycles. The minimum absolute atomic E-state index is 0.127. The fourth-order valence-corrected chi connectivity index (χ4v) is 4.75. The topological polar surface area (TPSA) is 112 Å². The average Bonchev–Trinajstić information content (AvgIpc) is 3.28. The zero-order valence-corrected chi connectivity index (χ0v) is 20.3. The maximum atomic E-state index is 13.4. The Balaban J connectivity index is 1.65. The summed E-state index contributed by atoms with van der Waals surface area (Å²) in [5.74, 6) is -1.04. The number of esters is 1. The van der Waals surface area contributed by atoms with Crippen molar-refractivity contribution < 1.29 is 27.1 Å². The van der Waals surface area contributed by atoms with Crippen LogP contribution in [0.3, 0.4) is 0 Å². The molecule has 186 valence electrons. The van der Waals surface area contributed by atoms with Crippen LogP contribution >= 0.6 is 0 Å². The van der Waals surface area contributed by atoms with Crippen molar-refractivity contribution in [3.63, 3.8) is 0 Å². The summed E-state index contributed by atoms with van der Waals surface area (Å²) in [5.41, 5.74) is 1.86. The van der Waals surface area contributed by atoms with Gasteiger partial charge in [-0.2, -0.15) is 4.98 Å². The number of halogens is 1. The Hall–Kier alpha value is -4.25. The number of benzene rings is 3. The first-order valence-corrected chi connectivity index (χ1v) is 12.6. The second-order valence-electron chi connectivity index (χ2n) is 7.63. The van der Waals surface area contributed by atoms with Crippen LogP contribution < -0.4 is 9.46 Å². The normalized spacial score (nSPS) is 11.2. The number of hydrogen-bond donors (Lipinski definition) is 1. The van der Waals surface area contributed by atoms with E-state index in [-0.39, 0.29) is 23.1 Å². The van der Waals surface area contributed by atoms with E-state index < -0.39 is 21.7 Å². The van der Waals surface area contributed by atoms with Crippen molar-refractivity contribution in [1.82, 2.24) is 14.8 Å². The lowest BCUT2D eigenvalue weighted by Gasteiger charge is -2.12. The molecule has 4 aromatic rings. The van der Waals surface area contributed by atoms with E-state index in [0.29, 0.717) is 29.2 Å². The highest BCUT2D eigenvalue weighted by Crippen LogP contribution is 2.26. The summed E-state index contributed by atoms with van der Waals surface area (Å²) in [4.78, 5) is 16.4. The average molecular weight is 511 g/mol. The maximum Gasteiger partial charge on any atom is 0.338 e. The summed E-state index contributed by atoms with van der Waals surface area (Å²) in [6.07, 6.45) is 0. The summed E-state index contributed by atoms with van der Waals surface area (Å²) >= 11 is 0. The number of ether oxygens (including phenoxy) is 2. The number of carbonyl (C=O) groups is 1. The first-order chi connectivity index (χ1) is 17.3. The molecule has 4 rings (SSSR count). The third-order valence-electron chi connectivity index (χ3n) is 5.10. The van der Waals surface area contributed by atoms with Gasteiger partial charge in [-0.1, -0.05) is 24.3 Å². The number of aromatic nitrogens is 3. The number of carbonyl (C=O) groups excluding carboxylic acids is 1. The van der Waals surface area contributed by atoms with Gasteiger partial charge in [0.25, 0.3) is 0 Å². The number of rotatable bonds is 9. The molecule has 1 aromatic heterocycles. The maximum absolute atomic E-state index is 13.4. The van der Waals surface area contributed by atoms with Crippen molar-refractivity contribution in [2.24, 2.45) is 0 Å². The highest BCUT2D eigenvalue weighted by Gasteiger charge is 2.19. The first-order valence-electron chi connectivity index (χ1n) is 10.9. The van der Waals surface area contributed by atoms with Crippen molar-refractivity contribution in [2.75, 3.05) is 18.4 Å². The summed E-state index contributed by atoms with van der Waals surface area (Å²) in [6.45, 7) is 2.14. The molecule has 0 saturated heterocycles. The third kappa shape index (κ3) is 5.69. The van der Waals surface area contributed by atoms with Crippen molar-refractivity contribution in [3.8, 4) is 23.1 Å². The number of nitrogens with one attached hydrogen (secondary N) is 1. The van der Waals surface area contributed by atoms with Gasteiger partial charge in [0, 0.05) is 5.56 Å². The fourth-order valence-electron chi connectivity index (χ4n) is 3.53. The number of anilines is 1. The predicted molar refractivity (Wildman–Crippen MR) is 132 cm³/mol. The van der Waals surface area contributed by atoms with Crippen LogP contribution in [0.4, 0.5) is 10.1 Å². The van der Waals surface area contributed by atoms with Crippen molar-refractivity contribution >= 4 is 21.7 Å². The van der Waals surface area contributed by atoms with E-state index in [1.165, 1.54) is 30.0 Å². The molecule has 11 heteroatoms. The molecular weight excluding hydrogens is 487 g/mol. The largest absolute Gasteiger partial charge is 0.465 e. The highest BCUT2D eigenvalue weighted by molar-refractivity contribution is 7.91. The summed E-state index contributed by atoms with van der Waals surface area (Å²) in [5, 5.41) is 4.38. The molecule has 0 fully saturated rings. The lowest BCUT2D eigenvalue weighted by Crippen LogP contribution is -2.17. The van der Waals surface area contributed by atoms with Crippen LogP contribution in [0.25, 0.3) is 17.1 Å². The molecule has 36 heavy (non-hydrogen) atoms. The standard InChI is InChI=1S/C25H23FN4O5S/c1-3-35-25-27-23(17-11-13-19(26)14-12-17)30(28-25)21-9-6-8-20(15-21)29-36(32,33)16-18-7-4-5-10-22(18)24(31)34-2/h4-15,29H,3,16H2,1-2H3. The lowest BCUT2D eigenvalue weighted by atomic mass is 10.1. The van der Waals surface area contributed by atoms with Gasteiger partial charge >= 0.3 is 12.0 Å². The Morgan fingerprint density at radius 2 is 1.81 bits per heavy atom. The lowest BCUT2D eigenvalue weighted by molar-refractivity contribution is 0.0600. The quantitative estimate of drug-likeness (QED) is 0.336. The minimum Gasteiger partial charge on any atom is -0.465 e. The van der Waals surface area contributed by atoms with Crippen LogP contribution in [0.15, 0.2) is 72.8 Å². The first kappa shape index (κ1) is 24.9. The summed E-state index contributed by atoms with van der Waals surface area (Å²) in [7, 11) is -2.66. The molecule has 0 unspecified atom stereocenters. The van der Waals surface area contributed by atoms with Gasteiger partial charge in [-0.05, 0) is 61.0 Å². The molecule has 0 atom stereocenters. The van der Waals surface area contributed by atoms with Gasteiger partial charge in [0.2, 0.25) is 10.0 Å². The predicted octanol–water partition coefficient (Wildman–Crippen LogP) is 4.20. The molecular formula is C25H23FN4O5S. The van der Waals surface area contributed by atoms with Crippen molar-refractivity contribution in [1.29, 1.82) is 0 Å². The summed E-state index contributed by atoms with van der Waals surface area (Å²) < 4.78 is 53.5. The molecule has 1 N–H and O–H groups in total. The Morgan fingerprint density at radius 1 is 1.06 bits per heavy atom. The fraction of sp³-hybridized carbons (Fsp3) is 0.160. The van der Waals surface area contributed by atoms with Crippen LogP contribution in [0.1, 0.15) is 22.8 Å². The molecule has 0 aliphatic carbocycles. The van der Waals surface area contributed by atoms with E-state index in [9.17, 15) is 17.6 Å². The smallest absolute Gasteiger partial charge is 0.338 e. The van der Waals surface area contributed by atoms with E-state index in [1.807, 2.05) is 0 Å². The van der Waals surface area contributed by atoms with Crippen LogP contribution in [-0.2, 0) is 20.5 Å². The van der Waals surface area contributed by atoms with Crippen molar-refractivity contribution in [3.05, 3.63) is 89.7 Å². The number of sulfonamides is 1. The highest BCUT2D eigenvalue weighted by atomic mass is 32.2. The zero-order chi connectivity index (χ0) is 25.7. The van der Waals surface area contributed by atoms with Crippen LogP contribution in [0.2, 0.25) is 0 Å². The molecule has 0 amide bonds. The summed E-state index contributed by atoms with van der Waals surface area (Å²) in [6, 6.07) is 18.8. The van der Waals surface area contributed by atoms with Gasteiger partial charge < -0.3 is 9.47 Å². The van der Waals surface area contributed by atoms with E-state index in [2.05, 4.69) is 14.8 Å². The zero-order valence-electron chi connectivity index (χ0n) is 19.5. The van der Waals surface area contributed by atoms with Crippen LogP contribution in [-0.4, -0.2) is 42.9 Å². The molecule has 0 aliphatic heterocycles. The molecule has 0 radical (unpaired) electrons. The van der Waals surface area contributed by atoms with Crippen molar-refractivity contribution in [2.45, 2.75) is 12.7 Å². The van der Waals surface area contributed by atoms with E-state index >= 15 is 0 Å². The monoisotopic (exact) mass is 510 g/mol. The Morgan fingerprint density at radius 3 is 2.53 bits per heavy atom. The molecule has 1 heterocycles. The Kier molecular flexibility index (Phi) is 7.30. The molecule has 9 nitrogen and oxygen atoms in total. The van der Waals surface area contributed by atoms with Gasteiger partial charge in [-0.25, -0.2) is 22.3 Å². The van der Waals surface area contributed by atoms with Crippen LogP contribution in [0, 0.1) is 5.82 Å². The van der Waals surface area contributed by atoms with Gasteiger partial charge in [-0.15, -0.1) is 5.10 Å². The number of methoxy groups -OCH3 is 1. The van der Waals surface area contributed by atoms with E-state index in [0.717, 1.165) is 0 Å². The number of hydrogen-bond acceptors (Lipinski definition) is 7. The van der Waals surface area contributed by atoms with Gasteiger partial charge in [-0.3, -0.25) is 4.72 Å². The van der Waals surface area contributed by atoms with E-state index in [1.54, 1.807) is 61.5 Å². The molecule has 0 aliphatic rings. The molecule has 0 bridgehead atoms. The molecule has 3 aromatic carbocycles. The Labute approximate surface area is 207 Å².